The van der Waals surface area contributed by atoms with E-state index in [2.05, 4.69) is 5.32 Å². The van der Waals surface area contributed by atoms with Crippen molar-refractivity contribution in [2.45, 2.75) is 20.0 Å². The Labute approximate surface area is 170 Å². The number of ether oxygens (including phenoxy) is 1. The first-order valence-electron chi connectivity index (χ1n) is 8.68. The van der Waals surface area contributed by atoms with Crippen LogP contribution in [-0.4, -0.2) is 53.6 Å². The van der Waals surface area contributed by atoms with E-state index in [4.69, 9.17) is 13.6 Å². The first-order valence-corrected chi connectivity index (χ1v) is 12.0. The maximum absolute atomic E-state index is 12.7. The van der Waals surface area contributed by atoms with E-state index >= 15 is 0 Å². The molecular weight excluding hydrogens is 445 g/mol. The first kappa shape index (κ1) is 22.7. The van der Waals surface area contributed by atoms with E-state index in [0.717, 1.165) is 18.2 Å². The van der Waals surface area contributed by atoms with Gasteiger partial charge in [-0.25, -0.2) is 0 Å². The normalized spacial score (nSPS) is 12.8. The summed E-state index contributed by atoms with van der Waals surface area (Å²) in [4.78, 5) is 23.7. The molecule has 0 aliphatic carbocycles. The van der Waals surface area contributed by atoms with Crippen LogP contribution in [0.3, 0.4) is 0 Å². The van der Waals surface area contributed by atoms with Crippen molar-refractivity contribution in [2.75, 3.05) is 18.5 Å². The van der Waals surface area contributed by atoms with Crippen molar-refractivity contribution in [3.8, 4) is 5.75 Å². The van der Waals surface area contributed by atoms with E-state index in [1.54, 1.807) is 12.1 Å². The third-order valence-corrected chi connectivity index (χ3v) is 6.64. The molecule has 9 nitrogen and oxygen atoms in total. The van der Waals surface area contributed by atoms with Gasteiger partial charge >= 0.3 is 170 Å². The second-order valence-electron chi connectivity index (χ2n) is 6.11. The number of rotatable bonds is 9. The molecule has 0 fully saturated rings. The quantitative estimate of drug-likeness (QED) is 0.312. The van der Waals surface area contributed by atoms with Crippen LogP contribution in [0.1, 0.15) is 29.3 Å². The van der Waals surface area contributed by atoms with Crippen molar-refractivity contribution in [3.63, 3.8) is 0 Å². The zero-order valence-corrected chi connectivity index (χ0v) is 17.6. The van der Waals surface area contributed by atoms with Crippen LogP contribution in [-0.2, 0) is 23.6 Å². The molecular formula is C19H22AsNO8. The summed E-state index contributed by atoms with van der Waals surface area (Å²) in [7, 11) is 0. The summed E-state index contributed by atoms with van der Waals surface area (Å²) in [5, 5.41) is 20.6. The molecule has 10 heteroatoms. The van der Waals surface area contributed by atoms with Gasteiger partial charge in [0.1, 0.15) is 0 Å². The Morgan fingerprint density at radius 3 is 2.62 bits per heavy atom. The van der Waals surface area contributed by atoms with Crippen LogP contribution in [0.5, 0.6) is 5.75 Å². The molecule has 1 atom stereocenters. The molecule has 1 unspecified atom stereocenters. The van der Waals surface area contributed by atoms with Gasteiger partial charge in [0.2, 0.25) is 0 Å². The average molecular weight is 467 g/mol. The Kier molecular flexibility index (Phi) is 8.04. The number of carbonyl (C=O) groups excluding carboxylic acids is 2. The van der Waals surface area contributed by atoms with Gasteiger partial charge in [-0.05, 0) is 0 Å². The summed E-state index contributed by atoms with van der Waals surface area (Å²) >= 11 is -5.40. The molecule has 0 spiro atoms. The fraction of sp³-hybridized carbons (Fsp3) is 0.263. The van der Waals surface area contributed by atoms with Crippen molar-refractivity contribution in [1.29, 1.82) is 0 Å². The molecule has 4 N–H and O–H groups in total. The maximum atomic E-state index is 12.7. The molecule has 2 aromatic rings. The average Bonchev–Trinajstić information content (AvgIpc) is 2.64. The van der Waals surface area contributed by atoms with Crippen LogP contribution < -0.4 is 9.67 Å². The number of aliphatic hydroxyl groups is 1. The van der Waals surface area contributed by atoms with E-state index in [-0.39, 0.29) is 34.6 Å². The SMILES string of the molecule is CC(=O)Nc1cc(O)ccc1[As](=O)(O)OC(=O)c1cccc(COCCCO)c1. The fourth-order valence-corrected chi connectivity index (χ4v) is 4.76. The molecule has 156 valence electrons. The van der Waals surface area contributed by atoms with Crippen LogP contribution in [0.4, 0.5) is 5.69 Å². The Hall–Kier alpha value is -2.58. The van der Waals surface area contributed by atoms with Crippen molar-refractivity contribution in [3.05, 3.63) is 53.6 Å². The third-order valence-electron chi connectivity index (χ3n) is 3.68. The second kappa shape index (κ2) is 10.3. The van der Waals surface area contributed by atoms with Gasteiger partial charge in [-0.2, -0.15) is 0 Å². The Balaban J connectivity index is 2.17. The Morgan fingerprint density at radius 1 is 1.17 bits per heavy atom. The van der Waals surface area contributed by atoms with Gasteiger partial charge in [0.15, 0.2) is 0 Å². The molecule has 0 heterocycles. The zero-order chi connectivity index (χ0) is 21.4. The minimum atomic E-state index is -5.40. The van der Waals surface area contributed by atoms with Gasteiger partial charge in [-0.3, -0.25) is 0 Å². The van der Waals surface area contributed by atoms with E-state index in [1.165, 1.54) is 19.1 Å². The summed E-state index contributed by atoms with van der Waals surface area (Å²) in [6.45, 7) is 1.77. The standard InChI is InChI=1S/C19H22AsNO8/c1-13(23)21-18-11-16(24)6-7-17(18)20(26,27)29-19(25)15-5-2-4-14(10-15)12-28-9-3-8-22/h2,4-7,10-11,22,24H,3,8-9,12H2,1H3,(H,21,23)(H,26,27). The topological polar surface area (TPSA) is 142 Å². The van der Waals surface area contributed by atoms with Crippen LogP contribution in [0.25, 0.3) is 0 Å². The van der Waals surface area contributed by atoms with Crippen LogP contribution in [0.2, 0.25) is 0 Å². The van der Waals surface area contributed by atoms with Crippen LogP contribution >= 0.6 is 0 Å². The predicted molar refractivity (Wildman–Crippen MR) is 104 cm³/mol. The minimum absolute atomic E-state index is 0.0118. The summed E-state index contributed by atoms with van der Waals surface area (Å²) < 4.78 is 33.1. The molecule has 0 aromatic heterocycles. The molecule has 0 saturated carbocycles. The van der Waals surface area contributed by atoms with E-state index in [0.29, 0.717) is 18.6 Å². The molecule has 29 heavy (non-hydrogen) atoms. The van der Waals surface area contributed by atoms with Crippen molar-refractivity contribution in [2.24, 2.45) is 0 Å². The number of nitrogens with one attached hydrogen (secondary N) is 1. The summed E-state index contributed by atoms with van der Waals surface area (Å²) in [6.07, 6.45) is 0.487. The fourth-order valence-electron chi connectivity index (χ4n) is 2.42. The number of aliphatic hydroxyl groups excluding tert-OH is 1. The van der Waals surface area contributed by atoms with Gasteiger partial charge in [0.05, 0.1) is 0 Å². The van der Waals surface area contributed by atoms with Crippen LogP contribution in [0, 0.1) is 0 Å². The Bertz CT molecular complexity index is 930. The summed E-state index contributed by atoms with van der Waals surface area (Å²) in [5.74, 6) is -1.75. The van der Waals surface area contributed by atoms with Crippen molar-refractivity contribution >= 4 is 36.1 Å². The van der Waals surface area contributed by atoms with Crippen molar-refractivity contribution in [1.82, 2.24) is 0 Å². The molecule has 0 aliphatic rings. The molecule has 0 aliphatic heterocycles. The molecule has 1 amide bonds. The van der Waals surface area contributed by atoms with E-state index < -0.39 is 26.0 Å². The summed E-state index contributed by atoms with van der Waals surface area (Å²) in [5.41, 5.74) is 0.603. The van der Waals surface area contributed by atoms with Crippen LogP contribution in [0.15, 0.2) is 42.5 Å². The zero-order valence-electron chi connectivity index (χ0n) is 15.7. The van der Waals surface area contributed by atoms with Gasteiger partial charge < -0.3 is 0 Å². The first-order chi connectivity index (χ1) is 13.7. The monoisotopic (exact) mass is 467 g/mol. The third kappa shape index (κ3) is 6.76. The van der Waals surface area contributed by atoms with Gasteiger partial charge in [-0.1, -0.05) is 0 Å². The number of anilines is 1. The number of phenols is 1. The number of benzene rings is 2. The predicted octanol–water partition coefficient (Wildman–Crippen LogP) is 0.675. The van der Waals surface area contributed by atoms with E-state index in [9.17, 15) is 22.5 Å². The number of hydrogen-bond donors (Lipinski definition) is 4. The molecule has 2 aromatic carbocycles. The van der Waals surface area contributed by atoms with Gasteiger partial charge in [0.25, 0.3) is 0 Å². The van der Waals surface area contributed by atoms with E-state index in [1.807, 2.05) is 0 Å². The number of hydrogen-bond acceptors (Lipinski definition) is 7. The van der Waals surface area contributed by atoms with Crippen molar-refractivity contribution < 1.29 is 36.1 Å². The second-order valence-corrected chi connectivity index (χ2v) is 9.69. The van der Waals surface area contributed by atoms with Gasteiger partial charge in [0, 0.05) is 0 Å². The number of phenolic OH excluding ortho intramolecular Hbond substituents is 1. The van der Waals surface area contributed by atoms with Gasteiger partial charge in [-0.15, -0.1) is 0 Å². The Morgan fingerprint density at radius 2 is 1.93 bits per heavy atom. The molecule has 2 rings (SSSR count). The number of carbonyl (C=O) groups is 2. The molecule has 0 radical (unpaired) electrons. The molecule has 0 saturated heterocycles. The number of aromatic hydroxyl groups is 1. The molecule has 0 bridgehead atoms. The summed E-state index contributed by atoms with van der Waals surface area (Å²) in [6, 6.07) is 9.58. The number of amides is 1.